The van der Waals surface area contributed by atoms with Gasteiger partial charge in [0.1, 0.15) is 11.4 Å². The van der Waals surface area contributed by atoms with Gasteiger partial charge in [0.2, 0.25) is 0 Å². The van der Waals surface area contributed by atoms with Crippen LogP contribution in [0.3, 0.4) is 0 Å². The van der Waals surface area contributed by atoms with Crippen molar-refractivity contribution in [3.8, 4) is 5.75 Å². The van der Waals surface area contributed by atoms with Crippen molar-refractivity contribution in [2.24, 2.45) is 0 Å². The lowest BCUT2D eigenvalue weighted by atomic mass is 9.79. The van der Waals surface area contributed by atoms with Gasteiger partial charge in [-0.2, -0.15) is 0 Å². The molecule has 0 radical (unpaired) electrons. The van der Waals surface area contributed by atoms with Crippen molar-refractivity contribution in [3.05, 3.63) is 71.7 Å². The summed E-state index contributed by atoms with van der Waals surface area (Å²) in [7, 11) is 1.71. The van der Waals surface area contributed by atoms with E-state index in [0.717, 1.165) is 47.8 Å². The fourth-order valence-electron chi connectivity index (χ4n) is 5.50. The second kappa shape index (κ2) is 7.35. The number of fused-ring (bicyclic) bond motifs is 5. The molecule has 1 fully saturated rings. The standard InChI is InChI=1S/C26H26N4O2/c1-32-18-6-7-22-21(16-18)20-9-13-28-26(24(20)29-22)10-14-30(15-11-26)25(31)23-19-5-3-2-4-17(19)8-12-27-23/h2-8,12,16,28-29H,9-11,13-15H2,1H3. The molecule has 0 atom stereocenters. The van der Waals surface area contributed by atoms with Crippen LogP contribution in [0.25, 0.3) is 21.7 Å². The number of methoxy groups -OCH3 is 1. The number of benzene rings is 2. The number of H-pyrrole nitrogens is 1. The molecule has 0 unspecified atom stereocenters. The number of carbonyl (C=O) groups is 1. The molecule has 6 heteroatoms. The number of aromatic nitrogens is 2. The molecular formula is C26H26N4O2. The van der Waals surface area contributed by atoms with Crippen molar-refractivity contribution in [1.82, 2.24) is 20.2 Å². The Labute approximate surface area is 186 Å². The third-order valence-electron chi connectivity index (χ3n) is 7.21. The number of nitrogens with zero attached hydrogens (tertiary/aromatic N) is 2. The monoisotopic (exact) mass is 426 g/mol. The zero-order chi connectivity index (χ0) is 21.7. The molecule has 1 saturated heterocycles. The number of likely N-dealkylation sites (tertiary alicyclic amines) is 1. The Morgan fingerprint density at radius 3 is 2.78 bits per heavy atom. The molecule has 6 rings (SSSR count). The van der Waals surface area contributed by atoms with Crippen molar-refractivity contribution in [3.63, 3.8) is 0 Å². The minimum atomic E-state index is -0.122. The van der Waals surface area contributed by atoms with Crippen LogP contribution in [-0.2, 0) is 12.0 Å². The molecular weight excluding hydrogens is 400 g/mol. The van der Waals surface area contributed by atoms with E-state index >= 15 is 0 Å². The summed E-state index contributed by atoms with van der Waals surface area (Å²) in [4.78, 5) is 23.5. The van der Waals surface area contributed by atoms with E-state index in [2.05, 4.69) is 27.4 Å². The van der Waals surface area contributed by atoms with Crippen LogP contribution in [0.4, 0.5) is 0 Å². The highest BCUT2D eigenvalue weighted by molar-refractivity contribution is 6.05. The molecule has 2 aliphatic rings. The van der Waals surface area contributed by atoms with Gasteiger partial charge < -0.3 is 19.9 Å². The summed E-state index contributed by atoms with van der Waals surface area (Å²) in [6.07, 6.45) is 4.47. The molecule has 6 nitrogen and oxygen atoms in total. The number of carbonyl (C=O) groups excluding carboxylic acids is 1. The van der Waals surface area contributed by atoms with E-state index in [9.17, 15) is 4.79 Å². The third kappa shape index (κ3) is 2.90. The number of hydrogen-bond acceptors (Lipinski definition) is 4. The molecule has 0 aliphatic carbocycles. The molecule has 2 aliphatic heterocycles. The van der Waals surface area contributed by atoms with E-state index in [1.54, 1.807) is 13.3 Å². The molecule has 32 heavy (non-hydrogen) atoms. The topological polar surface area (TPSA) is 70.2 Å². The van der Waals surface area contributed by atoms with E-state index in [4.69, 9.17) is 4.74 Å². The van der Waals surface area contributed by atoms with Crippen molar-refractivity contribution < 1.29 is 9.53 Å². The number of amides is 1. The minimum Gasteiger partial charge on any atom is -0.497 e. The first-order chi connectivity index (χ1) is 15.7. The summed E-state index contributed by atoms with van der Waals surface area (Å²) < 4.78 is 5.45. The first-order valence-electron chi connectivity index (χ1n) is 11.3. The second-order valence-corrected chi connectivity index (χ2v) is 8.82. The fourth-order valence-corrected chi connectivity index (χ4v) is 5.50. The molecule has 1 amide bonds. The van der Waals surface area contributed by atoms with Gasteiger partial charge in [-0.25, -0.2) is 0 Å². The average molecular weight is 427 g/mol. The summed E-state index contributed by atoms with van der Waals surface area (Å²) in [6, 6.07) is 16.2. The van der Waals surface area contributed by atoms with Gasteiger partial charge in [-0.05, 0) is 54.5 Å². The van der Waals surface area contributed by atoms with Crippen molar-refractivity contribution >= 4 is 27.6 Å². The Morgan fingerprint density at radius 2 is 1.94 bits per heavy atom. The van der Waals surface area contributed by atoms with Gasteiger partial charge in [-0.15, -0.1) is 0 Å². The Balaban J connectivity index is 1.30. The molecule has 2 N–H and O–H groups in total. The zero-order valence-electron chi connectivity index (χ0n) is 18.1. The first-order valence-corrected chi connectivity index (χ1v) is 11.3. The van der Waals surface area contributed by atoms with Gasteiger partial charge >= 0.3 is 0 Å². The van der Waals surface area contributed by atoms with Gasteiger partial charge in [0, 0.05) is 47.8 Å². The SMILES string of the molecule is COc1ccc2[nH]c3c(c2c1)CCNC31CCN(C(=O)c2nccc3ccccc23)CC1. The van der Waals surface area contributed by atoms with Gasteiger partial charge in [0.15, 0.2) is 0 Å². The van der Waals surface area contributed by atoms with Crippen molar-refractivity contribution in [1.29, 1.82) is 0 Å². The summed E-state index contributed by atoms with van der Waals surface area (Å²) in [5, 5.41) is 7.01. The quantitative estimate of drug-likeness (QED) is 0.508. The number of hydrogen-bond donors (Lipinski definition) is 2. The molecule has 2 aromatic heterocycles. The predicted octanol–water partition coefficient (Wildman–Crippen LogP) is 4.00. The van der Waals surface area contributed by atoms with E-state index in [-0.39, 0.29) is 11.4 Å². The lowest BCUT2D eigenvalue weighted by Crippen LogP contribution is -2.55. The van der Waals surface area contributed by atoms with Crippen molar-refractivity contribution in [2.45, 2.75) is 24.8 Å². The van der Waals surface area contributed by atoms with E-state index in [1.807, 2.05) is 41.3 Å². The Morgan fingerprint density at radius 1 is 1.09 bits per heavy atom. The van der Waals surface area contributed by atoms with E-state index in [0.29, 0.717) is 18.8 Å². The molecule has 4 heterocycles. The predicted molar refractivity (Wildman–Crippen MR) is 125 cm³/mol. The van der Waals surface area contributed by atoms with Crippen molar-refractivity contribution in [2.75, 3.05) is 26.7 Å². The van der Waals surface area contributed by atoms with E-state index < -0.39 is 0 Å². The third-order valence-corrected chi connectivity index (χ3v) is 7.21. The van der Waals surface area contributed by atoms with Gasteiger partial charge in [0.05, 0.1) is 12.6 Å². The summed E-state index contributed by atoms with van der Waals surface area (Å²) in [5.41, 5.74) is 4.24. The highest BCUT2D eigenvalue weighted by Crippen LogP contribution is 2.41. The Kier molecular flexibility index (Phi) is 4.43. The number of aromatic amines is 1. The molecule has 1 spiro atoms. The van der Waals surface area contributed by atoms with Crippen LogP contribution < -0.4 is 10.1 Å². The lowest BCUT2D eigenvalue weighted by molar-refractivity contribution is 0.0623. The van der Waals surface area contributed by atoms with Crippen LogP contribution in [0, 0.1) is 0 Å². The van der Waals surface area contributed by atoms with E-state index in [1.165, 1.54) is 16.6 Å². The first kappa shape index (κ1) is 19.3. The van der Waals surface area contributed by atoms with Crippen LogP contribution in [0.15, 0.2) is 54.7 Å². The maximum absolute atomic E-state index is 13.4. The molecule has 162 valence electrons. The average Bonchev–Trinajstić information content (AvgIpc) is 3.23. The van der Waals surface area contributed by atoms with Crippen LogP contribution in [-0.4, -0.2) is 47.5 Å². The molecule has 2 aromatic carbocycles. The molecule has 0 bridgehead atoms. The van der Waals surface area contributed by atoms with Gasteiger partial charge in [-0.1, -0.05) is 24.3 Å². The molecule has 0 saturated carbocycles. The summed E-state index contributed by atoms with van der Waals surface area (Å²) in [5.74, 6) is 0.906. The normalized spacial score (nSPS) is 17.6. The van der Waals surface area contributed by atoms with Crippen LogP contribution in [0.2, 0.25) is 0 Å². The molecule has 4 aromatic rings. The van der Waals surface area contributed by atoms with Crippen LogP contribution >= 0.6 is 0 Å². The maximum atomic E-state index is 13.4. The fraction of sp³-hybridized carbons (Fsp3) is 0.308. The Bertz CT molecular complexity index is 1330. The maximum Gasteiger partial charge on any atom is 0.273 e. The Hall–Kier alpha value is -3.38. The van der Waals surface area contributed by atoms with Crippen LogP contribution in [0.1, 0.15) is 34.6 Å². The summed E-state index contributed by atoms with van der Waals surface area (Å²) in [6.45, 7) is 2.35. The van der Waals surface area contributed by atoms with Gasteiger partial charge in [0.25, 0.3) is 5.91 Å². The number of piperidine rings is 1. The van der Waals surface area contributed by atoms with Crippen LogP contribution in [0.5, 0.6) is 5.75 Å². The largest absolute Gasteiger partial charge is 0.497 e. The van der Waals surface area contributed by atoms with Gasteiger partial charge in [-0.3, -0.25) is 9.78 Å². The minimum absolute atomic E-state index is 0.0223. The lowest BCUT2D eigenvalue weighted by Gasteiger charge is -2.44. The number of rotatable bonds is 2. The zero-order valence-corrected chi connectivity index (χ0v) is 18.1. The number of nitrogens with one attached hydrogen (secondary N) is 2. The number of ether oxygens (including phenoxy) is 1. The highest BCUT2D eigenvalue weighted by atomic mass is 16.5. The second-order valence-electron chi connectivity index (χ2n) is 8.82. The summed E-state index contributed by atoms with van der Waals surface area (Å²) >= 11 is 0. The number of pyridine rings is 1. The highest BCUT2D eigenvalue weighted by Gasteiger charge is 2.42. The smallest absolute Gasteiger partial charge is 0.273 e.